The Labute approximate surface area is 315 Å². The highest BCUT2D eigenvalue weighted by atomic mass is 16.2. The van der Waals surface area contributed by atoms with Crippen molar-refractivity contribution in [1.29, 1.82) is 0 Å². The van der Waals surface area contributed by atoms with E-state index in [1.54, 1.807) is 17.7 Å². The second-order valence-corrected chi connectivity index (χ2v) is 15.8. The topological polar surface area (TPSA) is 142 Å². The molecular formula is C42H50N8O4. The number of ketones is 1. The van der Waals surface area contributed by atoms with E-state index in [0.717, 1.165) is 95.0 Å². The smallest absolute Gasteiger partial charge is 0.263 e. The van der Waals surface area contributed by atoms with Gasteiger partial charge in [-0.15, -0.1) is 0 Å². The van der Waals surface area contributed by atoms with Crippen molar-refractivity contribution in [2.45, 2.75) is 95.9 Å². The van der Waals surface area contributed by atoms with Crippen LogP contribution in [0.1, 0.15) is 116 Å². The largest absolute Gasteiger partial charge is 0.372 e. The van der Waals surface area contributed by atoms with Gasteiger partial charge >= 0.3 is 0 Å². The molecule has 0 radical (unpaired) electrons. The van der Waals surface area contributed by atoms with Crippen LogP contribution in [0.25, 0.3) is 11.0 Å². The first-order valence-electron chi connectivity index (χ1n) is 19.8. The second-order valence-electron chi connectivity index (χ2n) is 15.8. The lowest BCUT2D eigenvalue weighted by Crippen LogP contribution is -2.41. The standard InChI is InChI=1S/C42H50N8O4/c1-26-35-24-44-42(47-39(35)50(32-7-3-4-8-32)41(54)38(26)27(2)51)45-36-12-10-31(23-43-36)29-16-18-48(19-17-29)25-28-14-20-49(21-15-28)33-9-5-6-30(22-33)34-11-13-37(52)46-40(34)53/h5-6,9-10,12,22-24,28-29,32,34H,3-4,7-8,11,13-21,25H2,1-2H3,(H,46,52,53)(H,43,44,45,47). The van der Waals surface area contributed by atoms with Gasteiger partial charge in [0.25, 0.3) is 5.56 Å². The van der Waals surface area contributed by atoms with Gasteiger partial charge in [0, 0.05) is 55.6 Å². The van der Waals surface area contributed by atoms with Crippen molar-refractivity contribution in [3.05, 3.63) is 81.4 Å². The van der Waals surface area contributed by atoms with Gasteiger partial charge in [0.1, 0.15) is 11.5 Å². The summed E-state index contributed by atoms with van der Waals surface area (Å²) in [6.07, 6.45) is 13.1. The van der Waals surface area contributed by atoms with Crippen molar-refractivity contribution in [3.63, 3.8) is 0 Å². The molecule has 4 aliphatic rings. The molecule has 2 N–H and O–H groups in total. The number of pyridine rings is 2. The van der Waals surface area contributed by atoms with Crippen molar-refractivity contribution >= 4 is 46.1 Å². The monoisotopic (exact) mass is 730 g/mol. The van der Waals surface area contributed by atoms with Crippen LogP contribution in [0, 0.1) is 12.8 Å². The minimum absolute atomic E-state index is 0.0294. The molecule has 282 valence electrons. The number of anilines is 3. The van der Waals surface area contributed by atoms with Crippen molar-refractivity contribution in [2.24, 2.45) is 5.92 Å². The van der Waals surface area contributed by atoms with Crippen molar-refractivity contribution in [3.8, 4) is 0 Å². The number of likely N-dealkylation sites (tertiary alicyclic amines) is 1. The molecule has 3 aliphatic heterocycles. The molecule has 4 fully saturated rings. The molecule has 6 heterocycles. The van der Waals surface area contributed by atoms with Gasteiger partial charge in [-0.1, -0.05) is 31.0 Å². The fourth-order valence-corrected chi connectivity index (χ4v) is 9.28. The number of aromatic nitrogens is 4. The molecule has 3 aromatic heterocycles. The molecule has 2 amide bonds. The number of amides is 2. The van der Waals surface area contributed by atoms with Gasteiger partial charge in [-0.3, -0.25) is 29.1 Å². The number of fused-ring (bicyclic) bond motifs is 1. The normalized spacial score (nSPS) is 20.8. The molecule has 1 unspecified atom stereocenters. The number of carbonyl (C=O) groups excluding carboxylic acids is 3. The van der Waals surface area contributed by atoms with Gasteiger partial charge in [0.15, 0.2) is 5.78 Å². The summed E-state index contributed by atoms with van der Waals surface area (Å²) in [7, 11) is 0. The second kappa shape index (κ2) is 15.4. The zero-order valence-corrected chi connectivity index (χ0v) is 31.4. The van der Waals surface area contributed by atoms with E-state index in [4.69, 9.17) is 9.97 Å². The zero-order valence-electron chi connectivity index (χ0n) is 31.4. The fourth-order valence-electron chi connectivity index (χ4n) is 9.28. The molecule has 12 nitrogen and oxygen atoms in total. The average molecular weight is 731 g/mol. The maximum Gasteiger partial charge on any atom is 0.263 e. The fraction of sp³-hybridized carbons (Fsp3) is 0.500. The summed E-state index contributed by atoms with van der Waals surface area (Å²) in [5.74, 6) is 1.33. The Morgan fingerprint density at radius 2 is 1.67 bits per heavy atom. The maximum atomic E-state index is 13.6. The quantitative estimate of drug-likeness (QED) is 0.152. The Morgan fingerprint density at radius 3 is 2.37 bits per heavy atom. The van der Waals surface area contributed by atoms with Crippen LogP contribution in [0.2, 0.25) is 0 Å². The van der Waals surface area contributed by atoms with Crippen molar-refractivity contribution in [1.82, 2.24) is 29.7 Å². The van der Waals surface area contributed by atoms with Gasteiger partial charge in [0.2, 0.25) is 17.8 Å². The highest BCUT2D eigenvalue weighted by molar-refractivity contribution is 6.01. The Bertz CT molecular complexity index is 2110. The number of hydrogen-bond donors (Lipinski definition) is 2. The predicted octanol–water partition coefficient (Wildman–Crippen LogP) is 6.17. The van der Waals surface area contributed by atoms with E-state index in [0.29, 0.717) is 47.7 Å². The Kier molecular flexibility index (Phi) is 10.3. The van der Waals surface area contributed by atoms with E-state index in [1.165, 1.54) is 18.2 Å². The summed E-state index contributed by atoms with van der Waals surface area (Å²) >= 11 is 0. The van der Waals surface area contributed by atoms with E-state index in [9.17, 15) is 19.2 Å². The third-order valence-electron chi connectivity index (χ3n) is 12.3. The number of Topliss-reactive ketones (excluding diaryl/α,β-unsaturated/α-hetero) is 1. The molecule has 3 saturated heterocycles. The predicted molar refractivity (Wildman–Crippen MR) is 208 cm³/mol. The highest BCUT2D eigenvalue weighted by Crippen LogP contribution is 2.34. The summed E-state index contributed by atoms with van der Waals surface area (Å²) in [5.41, 5.74) is 4.59. The lowest BCUT2D eigenvalue weighted by molar-refractivity contribution is -0.134. The van der Waals surface area contributed by atoms with Crippen LogP contribution in [0.15, 0.2) is 53.6 Å². The number of piperidine rings is 3. The van der Waals surface area contributed by atoms with E-state index in [1.807, 2.05) is 24.4 Å². The third-order valence-corrected chi connectivity index (χ3v) is 12.3. The third kappa shape index (κ3) is 7.40. The summed E-state index contributed by atoms with van der Waals surface area (Å²) in [4.78, 5) is 69.2. The van der Waals surface area contributed by atoms with E-state index < -0.39 is 0 Å². The van der Waals surface area contributed by atoms with Gasteiger partial charge in [-0.05, 0) is 119 Å². The molecule has 1 saturated carbocycles. The molecule has 1 atom stereocenters. The number of imide groups is 1. The molecule has 0 spiro atoms. The minimum atomic E-state index is -0.255. The molecule has 1 aliphatic carbocycles. The number of aryl methyl sites for hydroxylation is 1. The number of hydrogen-bond acceptors (Lipinski definition) is 10. The Hall–Kier alpha value is -4.97. The van der Waals surface area contributed by atoms with Gasteiger partial charge in [-0.25, -0.2) is 9.97 Å². The first kappa shape index (κ1) is 36.0. The SMILES string of the molecule is CC(=O)c1c(C)c2cnc(Nc3ccc(C4CCN(CC5CCN(c6cccc(C7CCC(=O)NC7=O)c6)CC5)CC4)cn3)nc2n(C2CCCC2)c1=O. The van der Waals surface area contributed by atoms with E-state index >= 15 is 0 Å². The first-order valence-corrected chi connectivity index (χ1v) is 19.8. The summed E-state index contributed by atoms with van der Waals surface area (Å²) in [5, 5.41) is 6.47. The highest BCUT2D eigenvalue weighted by Gasteiger charge is 2.30. The van der Waals surface area contributed by atoms with Crippen LogP contribution in [0.5, 0.6) is 0 Å². The minimum Gasteiger partial charge on any atom is -0.372 e. The summed E-state index contributed by atoms with van der Waals surface area (Å²) in [6, 6.07) is 12.5. The zero-order chi connectivity index (χ0) is 37.3. The van der Waals surface area contributed by atoms with Crippen LogP contribution >= 0.6 is 0 Å². The average Bonchev–Trinajstić information content (AvgIpc) is 3.70. The Balaban J connectivity index is 0.843. The molecule has 1 aromatic carbocycles. The molecule has 8 rings (SSSR count). The van der Waals surface area contributed by atoms with Gasteiger partial charge in [-0.2, -0.15) is 4.98 Å². The number of rotatable bonds is 9. The number of benzene rings is 1. The van der Waals surface area contributed by atoms with Crippen molar-refractivity contribution in [2.75, 3.05) is 42.9 Å². The lowest BCUT2D eigenvalue weighted by atomic mass is 9.88. The molecule has 0 bridgehead atoms. The van der Waals surface area contributed by atoms with Crippen molar-refractivity contribution < 1.29 is 14.4 Å². The maximum absolute atomic E-state index is 13.6. The number of nitrogens with one attached hydrogen (secondary N) is 2. The molecule has 12 heteroatoms. The van der Waals surface area contributed by atoms with Crippen LogP contribution in [-0.2, 0) is 9.59 Å². The van der Waals surface area contributed by atoms with E-state index in [2.05, 4.69) is 43.6 Å². The number of nitrogens with zero attached hydrogens (tertiary/aromatic N) is 6. The summed E-state index contributed by atoms with van der Waals surface area (Å²) < 4.78 is 1.73. The molecule has 4 aromatic rings. The van der Waals surface area contributed by atoms with Gasteiger partial charge < -0.3 is 15.1 Å². The van der Waals surface area contributed by atoms with Crippen LogP contribution in [0.3, 0.4) is 0 Å². The molecular weight excluding hydrogens is 681 g/mol. The summed E-state index contributed by atoms with van der Waals surface area (Å²) in [6.45, 7) is 8.57. The molecule has 54 heavy (non-hydrogen) atoms. The first-order chi connectivity index (χ1) is 26.2. The lowest BCUT2D eigenvalue weighted by Gasteiger charge is -2.38. The van der Waals surface area contributed by atoms with Crippen LogP contribution in [-0.4, -0.2) is 74.7 Å². The van der Waals surface area contributed by atoms with Crippen LogP contribution < -0.4 is 21.1 Å². The van der Waals surface area contributed by atoms with E-state index in [-0.39, 0.29) is 40.7 Å². The number of carbonyl (C=O) groups is 3. The van der Waals surface area contributed by atoms with Gasteiger partial charge in [0.05, 0.1) is 11.5 Å². The van der Waals surface area contributed by atoms with Crippen LogP contribution in [0.4, 0.5) is 17.5 Å². The Morgan fingerprint density at radius 1 is 0.889 bits per heavy atom.